The topological polar surface area (TPSA) is 179 Å². The molecule has 0 unspecified atom stereocenters. The van der Waals surface area contributed by atoms with E-state index in [0.29, 0.717) is 0 Å². The van der Waals surface area contributed by atoms with Gasteiger partial charge in [0.1, 0.15) is 0 Å². The third kappa shape index (κ3) is 232. The Morgan fingerprint density at radius 1 is 1.00 bits per heavy atom. The summed E-state index contributed by atoms with van der Waals surface area (Å²) >= 11 is 0. The normalized spacial score (nSPS) is 8.27. The molecule has 0 bridgehead atoms. The zero-order chi connectivity index (χ0) is 13.1. The highest BCUT2D eigenvalue weighted by molar-refractivity contribution is 7.79. The maximum absolute atomic E-state index is 9.37. The molecule has 0 aromatic carbocycles. The average molecular weight is 248 g/mol. The number of primary amides is 2. The molecule has 0 aliphatic carbocycles. The first-order valence-corrected chi connectivity index (χ1v) is 4.31. The van der Waals surface area contributed by atoms with Crippen LogP contribution in [-0.4, -0.2) is 43.9 Å². The van der Waals surface area contributed by atoms with Crippen molar-refractivity contribution in [2.24, 2.45) is 11.5 Å². The molecule has 0 atom stereocenters. The van der Waals surface area contributed by atoms with Crippen LogP contribution in [0.1, 0.15) is 0 Å². The second kappa shape index (κ2) is 10.5. The Morgan fingerprint density at radius 2 is 1.07 bits per heavy atom. The Hall–Kier alpha value is -1.59. The van der Waals surface area contributed by atoms with Crippen LogP contribution in [0.4, 0.5) is 9.59 Å². The quantitative estimate of drug-likeness (QED) is 0.384. The Bertz CT molecular complexity index is 250. The monoisotopic (exact) mass is 248 g/mol. The molecule has 0 rings (SSSR count). The highest BCUT2D eigenvalue weighted by atomic mass is 32.3. The molecule has 0 aliphatic rings. The number of carbonyl (C=O) groups is 2. The SMILES string of the molecule is COC(N)=O.COC(N)=O.O=S(=O)(O)O. The van der Waals surface area contributed by atoms with Crippen molar-refractivity contribution < 1.29 is 36.6 Å². The van der Waals surface area contributed by atoms with Crippen molar-refractivity contribution in [1.29, 1.82) is 0 Å². The van der Waals surface area contributed by atoms with E-state index in [2.05, 4.69) is 20.9 Å². The van der Waals surface area contributed by atoms with Crippen LogP contribution in [0, 0.1) is 0 Å². The highest BCUT2D eigenvalue weighted by Gasteiger charge is 1.84. The van der Waals surface area contributed by atoms with Crippen LogP contribution >= 0.6 is 0 Å². The molecule has 0 radical (unpaired) electrons. The van der Waals surface area contributed by atoms with Crippen LogP contribution in [0.5, 0.6) is 0 Å². The summed E-state index contributed by atoms with van der Waals surface area (Å²) in [6.45, 7) is 0. The van der Waals surface area contributed by atoms with Crippen molar-refractivity contribution in [2.75, 3.05) is 14.2 Å². The van der Waals surface area contributed by atoms with Gasteiger partial charge in [0.05, 0.1) is 14.2 Å². The van der Waals surface area contributed by atoms with Gasteiger partial charge in [-0.25, -0.2) is 9.59 Å². The van der Waals surface area contributed by atoms with Crippen LogP contribution in [0.25, 0.3) is 0 Å². The van der Waals surface area contributed by atoms with Crippen molar-refractivity contribution in [3.8, 4) is 0 Å². The minimum atomic E-state index is -4.67. The molecule has 0 spiro atoms. The molecule has 0 fully saturated rings. The first-order chi connectivity index (χ1) is 6.54. The van der Waals surface area contributed by atoms with Gasteiger partial charge >= 0.3 is 22.6 Å². The number of amides is 2. The molecule has 0 aliphatic heterocycles. The Balaban J connectivity index is -0.000000144. The molecule has 10 nitrogen and oxygen atoms in total. The molecule has 0 aromatic heterocycles. The van der Waals surface area contributed by atoms with E-state index in [4.69, 9.17) is 17.5 Å². The minimum absolute atomic E-state index is 0.745. The molecule has 0 saturated carbocycles. The molecule has 15 heavy (non-hydrogen) atoms. The number of hydrogen-bond donors (Lipinski definition) is 4. The van der Waals surface area contributed by atoms with Crippen molar-refractivity contribution >= 4 is 22.6 Å². The molecule has 2 amide bonds. The first-order valence-electron chi connectivity index (χ1n) is 2.91. The van der Waals surface area contributed by atoms with Gasteiger partial charge in [-0.1, -0.05) is 0 Å². The van der Waals surface area contributed by atoms with E-state index in [1.165, 1.54) is 14.2 Å². The van der Waals surface area contributed by atoms with E-state index >= 15 is 0 Å². The number of hydrogen-bond acceptors (Lipinski definition) is 6. The molecule has 11 heteroatoms. The second-order valence-corrected chi connectivity index (χ2v) is 2.39. The number of carbonyl (C=O) groups excluding carboxylic acids is 2. The summed E-state index contributed by atoms with van der Waals surface area (Å²) in [6.07, 6.45) is -1.49. The maximum atomic E-state index is 9.37. The average Bonchev–Trinajstić information content (AvgIpc) is 2.02. The van der Waals surface area contributed by atoms with Crippen LogP contribution in [0.2, 0.25) is 0 Å². The smallest absolute Gasteiger partial charge is 0.404 e. The third-order valence-corrected chi connectivity index (χ3v) is 0.402. The number of nitrogens with two attached hydrogens (primary N) is 2. The molecule has 0 heterocycles. The van der Waals surface area contributed by atoms with Crippen LogP contribution < -0.4 is 11.5 Å². The maximum Gasteiger partial charge on any atom is 0.404 e. The van der Waals surface area contributed by atoms with Gasteiger partial charge in [0.25, 0.3) is 0 Å². The van der Waals surface area contributed by atoms with Crippen LogP contribution in [0.15, 0.2) is 0 Å². The largest absolute Gasteiger partial charge is 0.453 e. The minimum Gasteiger partial charge on any atom is -0.453 e. The zero-order valence-electron chi connectivity index (χ0n) is 7.91. The summed E-state index contributed by atoms with van der Waals surface area (Å²) in [5.41, 5.74) is 8.86. The summed E-state index contributed by atoms with van der Waals surface area (Å²) in [7, 11) is -2.22. The Morgan fingerprint density at radius 3 is 1.07 bits per heavy atom. The molecule has 0 aromatic rings. The highest BCUT2D eigenvalue weighted by Crippen LogP contribution is 1.59. The molecular weight excluding hydrogens is 236 g/mol. The van der Waals surface area contributed by atoms with Gasteiger partial charge in [0, 0.05) is 0 Å². The van der Waals surface area contributed by atoms with Gasteiger partial charge in [-0.15, -0.1) is 0 Å². The molecular formula is C4H12N2O8S. The fourth-order valence-electron chi connectivity index (χ4n) is 0. The van der Waals surface area contributed by atoms with Crippen molar-refractivity contribution in [3.05, 3.63) is 0 Å². The number of methoxy groups -OCH3 is 2. The lowest BCUT2D eigenvalue weighted by Crippen LogP contribution is -2.08. The van der Waals surface area contributed by atoms with E-state index in [1.54, 1.807) is 0 Å². The van der Waals surface area contributed by atoms with E-state index in [1.807, 2.05) is 0 Å². The number of rotatable bonds is 0. The van der Waals surface area contributed by atoms with Gasteiger partial charge in [-0.05, 0) is 0 Å². The lowest BCUT2D eigenvalue weighted by molar-refractivity contribution is 0.181. The van der Waals surface area contributed by atoms with Crippen LogP contribution in [-0.2, 0) is 19.9 Å². The summed E-state index contributed by atoms with van der Waals surface area (Å²) in [6, 6.07) is 0. The van der Waals surface area contributed by atoms with Gasteiger partial charge in [-0.2, -0.15) is 8.42 Å². The van der Waals surface area contributed by atoms with E-state index < -0.39 is 22.6 Å². The first kappa shape index (κ1) is 19.1. The van der Waals surface area contributed by atoms with Gasteiger partial charge in [0.2, 0.25) is 0 Å². The second-order valence-electron chi connectivity index (χ2n) is 1.49. The summed E-state index contributed by atoms with van der Waals surface area (Å²) in [5.74, 6) is 0. The lowest BCUT2D eigenvalue weighted by Gasteiger charge is -1.81. The predicted molar refractivity (Wildman–Crippen MR) is 47.4 cm³/mol. The van der Waals surface area contributed by atoms with E-state index in [9.17, 15) is 9.59 Å². The van der Waals surface area contributed by atoms with Gasteiger partial charge in [-0.3, -0.25) is 9.11 Å². The van der Waals surface area contributed by atoms with Crippen molar-refractivity contribution in [1.82, 2.24) is 0 Å². The fraction of sp³-hybridized carbons (Fsp3) is 0.500. The van der Waals surface area contributed by atoms with Crippen molar-refractivity contribution in [2.45, 2.75) is 0 Å². The fourth-order valence-corrected chi connectivity index (χ4v) is 0. The van der Waals surface area contributed by atoms with E-state index in [0.717, 1.165) is 0 Å². The molecule has 6 N–H and O–H groups in total. The van der Waals surface area contributed by atoms with Crippen LogP contribution in [0.3, 0.4) is 0 Å². The zero-order valence-corrected chi connectivity index (χ0v) is 8.72. The molecule has 92 valence electrons. The lowest BCUT2D eigenvalue weighted by atomic mass is 11.3. The standard InChI is InChI=1S/2C2H5NO2.H2O4S/c2*1-5-2(3)4;1-5(2,3)4/h2*1H3,(H2,3,4);(H2,1,2,3,4). The van der Waals surface area contributed by atoms with Gasteiger partial charge < -0.3 is 20.9 Å². The summed E-state index contributed by atoms with van der Waals surface area (Å²) in [4.78, 5) is 18.7. The van der Waals surface area contributed by atoms with Crippen molar-refractivity contribution in [3.63, 3.8) is 0 Å². The molecule has 0 saturated heterocycles. The van der Waals surface area contributed by atoms with Gasteiger partial charge in [0.15, 0.2) is 0 Å². The summed E-state index contributed by atoms with van der Waals surface area (Å²) < 4.78 is 39.4. The predicted octanol–water partition coefficient (Wildman–Crippen LogP) is -1.23. The third-order valence-electron chi connectivity index (χ3n) is 0.402. The van der Waals surface area contributed by atoms with E-state index in [-0.39, 0.29) is 0 Å². The Kier molecular flexibility index (Phi) is 13.3. The Labute approximate surface area is 85.7 Å². The summed E-state index contributed by atoms with van der Waals surface area (Å²) in [5, 5.41) is 0. The number of ether oxygens (including phenoxy) is 2.